The second-order valence-corrected chi connectivity index (χ2v) is 6.22. The molecule has 2 aromatic rings. The van der Waals surface area contributed by atoms with E-state index in [4.69, 9.17) is 16.3 Å². The molecule has 1 aliphatic rings. The molecule has 27 heavy (non-hydrogen) atoms. The van der Waals surface area contributed by atoms with Crippen LogP contribution in [-0.2, 0) is 9.59 Å². The Morgan fingerprint density at radius 3 is 2.59 bits per heavy atom. The van der Waals surface area contributed by atoms with Gasteiger partial charge in [-0.15, -0.1) is 0 Å². The molecule has 1 aliphatic heterocycles. The van der Waals surface area contributed by atoms with Crippen molar-refractivity contribution >= 4 is 41.2 Å². The zero-order chi connectivity index (χ0) is 19.6. The average molecular weight is 385 g/mol. The van der Waals surface area contributed by atoms with Crippen LogP contribution in [0.25, 0.3) is 6.08 Å². The summed E-state index contributed by atoms with van der Waals surface area (Å²) < 4.78 is 5.53. The Labute approximate surface area is 161 Å². The number of hydrogen-bond acceptors (Lipinski definition) is 4. The minimum atomic E-state index is -0.814. The molecule has 0 saturated carbocycles. The summed E-state index contributed by atoms with van der Waals surface area (Å²) in [4.78, 5) is 38.5. The summed E-state index contributed by atoms with van der Waals surface area (Å²) in [7, 11) is 0. The molecule has 2 aromatic carbocycles. The highest BCUT2D eigenvalue weighted by atomic mass is 35.5. The summed E-state index contributed by atoms with van der Waals surface area (Å²) in [6.07, 6.45) is 1.42. The van der Waals surface area contributed by atoms with Gasteiger partial charge in [0.2, 0.25) is 0 Å². The van der Waals surface area contributed by atoms with E-state index in [1.165, 1.54) is 6.08 Å². The number of nitrogens with one attached hydrogen (secondary N) is 1. The molecule has 0 aliphatic carbocycles. The third-order valence-electron chi connectivity index (χ3n) is 4.10. The Kier molecular flexibility index (Phi) is 5.28. The molecule has 1 saturated heterocycles. The van der Waals surface area contributed by atoms with Crippen molar-refractivity contribution in [1.82, 2.24) is 5.32 Å². The second kappa shape index (κ2) is 7.63. The number of barbiturate groups is 1. The van der Waals surface area contributed by atoms with Gasteiger partial charge in [-0.25, -0.2) is 9.69 Å². The molecule has 7 heteroatoms. The maximum absolute atomic E-state index is 13.0. The van der Waals surface area contributed by atoms with Gasteiger partial charge in [-0.2, -0.15) is 0 Å². The fourth-order valence-electron chi connectivity index (χ4n) is 2.76. The lowest BCUT2D eigenvalue weighted by Crippen LogP contribution is -2.54. The molecule has 3 rings (SSSR count). The fraction of sp³-hybridized carbons (Fsp3) is 0.150. The zero-order valence-electron chi connectivity index (χ0n) is 14.8. The number of carbonyl (C=O) groups excluding carboxylic acids is 3. The van der Waals surface area contributed by atoms with Crippen LogP contribution in [0.4, 0.5) is 10.5 Å². The first kappa shape index (κ1) is 18.7. The third kappa shape index (κ3) is 3.57. The number of benzene rings is 2. The van der Waals surface area contributed by atoms with Crippen molar-refractivity contribution in [3.8, 4) is 5.75 Å². The minimum Gasteiger partial charge on any atom is -0.493 e. The smallest absolute Gasteiger partial charge is 0.335 e. The average Bonchev–Trinajstić information content (AvgIpc) is 2.63. The van der Waals surface area contributed by atoms with E-state index < -0.39 is 17.8 Å². The van der Waals surface area contributed by atoms with Gasteiger partial charge in [0.1, 0.15) is 11.3 Å². The molecule has 4 amide bonds. The molecule has 0 bridgehead atoms. The Balaban J connectivity index is 2.07. The molecule has 0 spiro atoms. The Morgan fingerprint density at radius 2 is 1.85 bits per heavy atom. The Morgan fingerprint density at radius 1 is 1.11 bits per heavy atom. The second-order valence-electron chi connectivity index (χ2n) is 5.81. The summed E-state index contributed by atoms with van der Waals surface area (Å²) in [6, 6.07) is 11.1. The van der Waals surface area contributed by atoms with Crippen molar-refractivity contribution in [3.05, 3.63) is 64.2 Å². The normalized spacial score (nSPS) is 15.9. The molecule has 0 aromatic heterocycles. The Hall–Kier alpha value is -3.12. The van der Waals surface area contributed by atoms with Crippen molar-refractivity contribution in [1.29, 1.82) is 0 Å². The maximum atomic E-state index is 13.0. The number of anilines is 1. The molecule has 6 nitrogen and oxygen atoms in total. The van der Waals surface area contributed by atoms with Crippen LogP contribution in [0.1, 0.15) is 18.1 Å². The molecular weight excluding hydrogens is 368 g/mol. The van der Waals surface area contributed by atoms with Gasteiger partial charge >= 0.3 is 6.03 Å². The first-order valence-corrected chi connectivity index (χ1v) is 8.70. The molecule has 138 valence electrons. The Bertz CT molecular complexity index is 968. The van der Waals surface area contributed by atoms with Gasteiger partial charge in [0.25, 0.3) is 11.8 Å². The summed E-state index contributed by atoms with van der Waals surface area (Å²) in [5, 5.41) is 2.62. The lowest BCUT2D eigenvalue weighted by molar-refractivity contribution is -0.122. The zero-order valence-corrected chi connectivity index (χ0v) is 15.5. The minimum absolute atomic E-state index is 0.166. The standard InChI is InChI=1S/C20H17ClN2O4/c1-3-27-17-10-5-4-7-13(17)11-14-18(24)22-20(26)23(19(14)25)16-9-6-8-15(21)12(16)2/h4-11H,3H2,1-2H3,(H,22,24,26)/b14-11+. The maximum Gasteiger partial charge on any atom is 0.335 e. The lowest BCUT2D eigenvalue weighted by atomic mass is 10.1. The van der Waals surface area contributed by atoms with Gasteiger partial charge < -0.3 is 4.74 Å². The van der Waals surface area contributed by atoms with Crippen LogP contribution < -0.4 is 15.0 Å². The number of hydrogen-bond donors (Lipinski definition) is 1. The summed E-state index contributed by atoms with van der Waals surface area (Å²) in [5.41, 5.74) is 1.28. The number of para-hydroxylation sites is 1. The van der Waals surface area contributed by atoms with E-state index in [1.807, 2.05) is 6.92 Å². The third-order valence-corrected chi connectivity index (χ3v) is 4.51. The fourth-order valence-corrected chi connectivity index (χ4v) is 2.93. The predicted molar refractivity (Wildman–Crippen MR) is 103 cm³/mol. The highest BCUT2D eigenvalue weighted by Gasteiger charge is 2.37. The van der Waals surface area contributed by atoms with E-state index in [9.17, 15) is 14.4 Å². The van der Waals surface area contributed by atoms with E-state index in [-0.39, 0.29) is 5.57 Å². The van der Waals surface area contributed by atoms with Gasteiger partial charge in [-0.1, -0.05) is 35.9 Å². The molecule has 0 unspecified atom stereocenters. The van der Waals surface area contributed by atoms with Crippen molar-refractivity contribution in [2.45, 2.75) is 13.8 Å². The molecule has 1 N–H and O–H groups in total. The van der Waals surface area contributed by atoms with Gasteiger partial charge in [0, 0.05) is 10.6 Å². The lowest BCUT2D eigenvalue weighted by Gasteiger charge is -2.27. The molecule has 1 fully saturated rings. The predicted octanol–water partition coefficient (Wildman–Crippen LogP) is 3.71. The van der Waals surface area contributed by atoms with E-state index in [0.29, 0.717) is 34.2 Å². The summed E-state index contributed by atoms with van der Waals surface area (Å²) >= 11 is 6.11. The number of urea groups is 1. The number of imide groups is 2. The number of nitrogens with zero attached hydrogens (tertiary/aromatic N) is 1. The molecule has 0 atom stereocenters. The monoisotopic (exact) mass is 384 g/mol. The number of carbonyl (C=O) groups is 3. The summed E-state index contributed by atoms with van der Waals surface area (Å²) in [5.74, 6) is -0.942. The highest BCUT2D eigenvalue weighted by molar-refractivity contribution is 6.40. The molecule has 0 radical (unpaired) electrons. The van der Waals surface area contributed by atoms with Crippen molar-refractivity contribution in [3.63, 3.8) is 0 Å². The first-order chi connectivity index (χ1) is 12.9. The van der Waals surface area contributed by atoms with Crippen LogP contribution in [0.2, 0.25) is 5.02 Å². The van der Waals surface area contributed by atoms with Crippen LogP contribution in [0.5, 0.6) is 5.75 Å². The van der Waals surface area contributed by atoms with E-state index >= 15 is 0 Å². The van der Waals surface area contributed by atoms with Gasteiger partial charge in [-0.3, -0.25) is 14.9 Å². The van der Waals surface area contributed by atoms with Crippen molar-refractivity contribution < 1.29 is 19.1 Å². The molecular formula is C20H17ClN2O4. The number of halogens is 1. The quantitative estimate of drug-likeness (QED) is 0.644. The van der Waals surface area contributed by atoms with Crippen molar-refractivity contribution in [2.75, 3.05) is 11.5 Å². The highest BCUT2D eigenvalue weighted by Crippen LogP contribution is 2.30. The topological polar surface area (TPSA) is 75.7 Å². The van der Waals surface area contributed by atoms with E-state index in [1.54, 1.807) is 49.4 Å². The van der Waals surface area contributed by atoms with Crippen LogP contribution >= 0.6 is 11.6 Å². The van der Waals surface area contributed by atoms with Crippen LogP contribution in [0.3, 0.4) is 0 Å². The van der Waals surface area contributed by atoms with Gasteiger partial charge in [-0.05, 0) is 43.7 Å². The summed E-state index contributed by atoms with van der Waals surface area (Å²) in [6.45, 7) is 3.97. The van der Waals surface area contributed by atoms with Crippen LogP contribution in [0, 0.1) is 6.92 Å². The molecule has 1 heterocycles. The number of rotatable bonds is 4. The number of ether oxygens (including phenoxy) is 1. The first-order valence-electron chi connectivity index (χ1n) is 8.32. The SMILES string of the molecule is CCOc1ccccc1/C=C1\C(=O)NC(=O)N(c2cccc(Cl)c2C)C1=O. The van der Waals surface area contributed by atoms with Crippen molar-refractivity contribution in [2.24, 2.45) is 0 Å². The van der Waals surface area contributed by atoms with Gasteiger partial charge in [0.05, 0.1) is 12.3 Å². The number of amides is 4. The van der Waals surface area contributed by atoms with Gasteiger partial charge in [0.15, 0.2) is 0 Å². The van der Waals surface area contributed by atoms with Crippen LogP contribution in [0.15, 0.2) is 48.0 Å². The van der Waals surface area contributed by atoms with E-state index in [2.05, 4.69) is 5.32 Å². The van der Waals surface area contributed by atoms with E-state index in [0.717, 1.165) is 4.90 Å². The van der Waals surface area contributed by atoms with Crippen LogP contribution in [-0.4, -0.2) is 24.5 Å². The largest absolute Gasteiger partial charge is 0.493 e.